The molecule has 0 fully saturated rings. The maximum absolute atomic E-state index is 12.4. The van der Waals surface area contributed by atoms with E-state index >= 15 is 0 Å². The van der Waals surface area contributed by atoms with Crippen LogP contribution in [0.4, 0.5) is 11.4 Å². The minimum Gasteiger partial charge on any atom is -0.298 e. The lowest BCUT2D eigenvalue weighted by atomic mass is 9.98. The van der Waals surface area contributed by atoms with Crippen molar-refractivity contribution in [1.29, 1.82) is 0 Å². The summed E-state index contributed by atoms with van der Waals surface area (Å²) in [7, 11) is 0. The van der Waals surface area contributed by atoms with Gasteiger partial charge in [-0.3, -0.25) is 29.8 Å². The highest BCUT2D eigenvalue weighted by Crippen LogP contribution is 2.28. The van der Waals surface area contributed by atoms with Crippen LogP contribution in [0.5, 0.6) is 0 Å². The molecule has 2 aromatic carbocycles. The van der Waals surface area contributed by atoms with Gasteiger partial charge in [-0.15, -0.1) is 0 Å². The SMILES string of the molecule is O=Cc1cccc(C(=O)c2ccccc2[N+](=O)[O-])c1[N+](=O)[O-]. The number of ketones is 1. The van der Waals surface area contributed by atoms with Crippen molar-refractivity contribution < 1.29 is 19.4 Å². The van der Waals surface area contributed by atoms with Crippen LogP contribution >= 0.6 is 0 Å². The molecule has 8 nitrogen and oxygen atoms in total. The van der Waals surface area contributed by atoms with Crippen LogP contribution in [0.2, 0.25) is 0 Å². The maximum Gasteiger partial charge on any atom is 0.291 e. The average molecular weight is 300 g/mol. The Labute approximate surface area is 123 Å². The average Bonchev–Trinajstić information content (AvgIpc) is 2.53. The van der Waals surface area contributed by atoms with E-state index in [1.807, 2.05) is 0 Å². The molecule has 0 heterocycles. The standard InChI is InChI=1S/C14H8N2O6/c17-8-9-4-3-6-11(13(9)16(21)22)14(18)10-5-1-2-7-12(10)15(19)20/h1-8H. The van der Waals surface area contributed by atoms with Crippen LogP contribution in [0.15, 0.2) is 42.5 Å². The van der Waals surface area contributed by atoms with Crippen LogP contribution in [0, 0.1) is 20.2 Å². The summed E-state index contributed by atoms with van der Waals surface area (Å²) in [6, 6.07) is 8.78. The van der Waals surface area contributed by atoms with E-state index in [-0.39, 0.29) is 23.0 Å². The Hall–Kier alpha value is -3.42. The second kappa shape index (κ2) is 5.92. The van der Waals surface area contributed by atoms with Gasteiger partial charge in [-0.25, -0.2) is 0 Å². The summed E-state index contributed by atoms with van der Waals surface area (Å²) >= 11 is 0. The number of benzene rings is 2. The number of hydrogen-bond acceptors (Lipinski definition) is 6. The number of nitro groups is 2. The Morgan fingerprint density at radius 1 is 0.909 bits per heavy atom. The molecular weight excluding hydrogens is 292 g/mol. The first-order valence-electron chi connectivity index (χ1n) is 5.98. The fourth-order valence-electron chi connectivity index (χ4n) is 2.01. The fraction of sp³-hybridized carbons (Fsp3) is 0. The number of nitrogens with zero attached hydrogens (tertiary/aromatic N) is 2. The van der Waals surface area contributed by atoms with Crippen molar-refractivity contribution in [3.63, 3.8) is 0 Å². The lowest BCUT2D eigenvalue weighted by Crippen LogP contribution is -2.09. The van der Waals surface area contributed by atoms with Crippen molar-refractivity contribution >= 4 is 23.4 Å². The molecule has 0 saturated carbocycles. The zero-order valence-corrected chi connectivity index (χ0v) is 11.0. The number of rotatable bonds is 5. The first kappa shape index (κ1) is 15.0. The summed E-state index contributed by atoms with van der Waals surface area (Å²) in [5, 5.41) is 22.1. The highest BCUT2D eigenvalue weighted by molar-refractivity contribution is 6.14. The van der Waals surface area contributed by atoms with Gasteiger partial charge < -0.3 is 0 Å². The minimum absolute atomic E-state index is 0.258. The van der Waals surface area contributed by atoms with Crippen LogP contribution in [0.1, 0.15) is 26.3 Å². The molecule has 0 bridgehead atoms. The van der Waals surface area contributed by atoms with Crippen molar-refractivity contribution in [2.45, 2.75) is 0 Å². The van der Waals surface area contributed by atoms with Gasteiger partial charge in [0.2, 0.25) is 5.78 Å². The molecule has 2 rings (SSSR count). The molecule has 0 atom stereocenters. The molecule has 110 valence electrons. The Bertz CT molecular complexity index is 800. The van der Waals surface area contributed by atoms with Gasteiger partial charge in [-0.05, 0) is 18.2 Å². The van der Waals surface area contributed by atoms with Crippen LogP contribution in [-0.2, 0) is 0 Å². The second-order valence-corrected chi connectivity index (χ2v) is 4.22. The lowest BCUT2D eigenvalue weighted by Gasteiger charge is -2.05. The molecule has 8 heteroatoms. The van der Waals surface area contributed by atoms with Crippen molar-refractivity contribution in [2.24, 2.45) is 0 Å². The van der Waals surface area contributed by atoms with E-state index in [1.54, 1.807) is 0 Å². The molecule has 0 aromatic heterocycles. The molecule has 0 aliphatic heterocycles. The smallest absolute Gasteiger partial charge is 0.291 e. The summed E-state index contributed by atoms with van der Waals surface area (Å²) in [4.78, 5) is 43.8. The zero-order chi connectivity index (χ0) is 16.3. The van der Waals surface area contributed by atoms with Gasteiger partial charge in [-0.1, -0.05) is 18.2 Å². The summed E-state index contributed by atoms with van der Waals surface area (Å²) in [6.07, 6.45) is 0.258. The Morgan fingerprint density at radius 3 is 2.14 bits per heavy atom. The lowest BCUT2D eigenvalue weighted by molar-refractivity contribution is -0.385. The molecule has 0 aliphatic carbocycles. The van der Waals surface area contributed by atoms with Gasteiger partial charge in [-0.2, -0.15) is 0 Å². The molecule has 0 amide bonds. The quantitative estimate of drug-likeness (QED) is 0.362. The Morgan fingerprint density at radius 2 is 1.55 bits per heavy atom. The summed E-state index contributed by atoms with van der Waals surface area (Å²) in [6.45, 7) is 0. The first-order chi connectivity index (χ1) is 10.5. The van der Waals surface area contributed by atoms with Crippen LogP contribution in [0.25, 0.3) is 0 Å². The molecule has 0 saturated heterocycles. The molecule has 0 aliphatic rings. The number of nitro benzene ring substituents is 2. The second-order valence-electron chi connectivity index (χ2n) is 4.22. The van der Waals surface area contributed by atoms with Gasteiger partial charge in [0.25, 0.3) is 11.4 Å². The van der Waals surface area contributed by atoms with Crippen LogP contribution < -0.4 is 0 Å². The third kappa shape index (κ3) is 2.57. The predicted octanol–water partition coefficient (Wildman–Crippen LogP) is 2.55. The summed E-state index contributed by atoms with van der Waals surface area (Å²) in [5.41, 5.74) is -2.05. The van der Waals surface area contributed by atoms with E-state index in [1.165, 1.54) is 30.3 Å². The predicted molar refractivity (Wildman–Crippen MR) is 75.0 cm³/mol. The number of carbonyl (C=O) groups is 2. The fourth-order valence-corrected chi connectivity index (χ4v) is 2.01. The van der Waals surface area contributed by atoms with Gasteiger partial charge >= 0.3 is 0 Å². The van der Waals surface area contributed by atoms with E-state index in [0.717, 1.165) is 12.1 Å². The van der Waals surface area contributed by atoms with Gasteiger partial charge in [0.1, 0.15) is 11.1 Å². The van der Waals surface area contributed by atoms with Crippen molar-refractivity contribution in [3.05, 3.63) is 79.4 Å². The molecular formula is C14H8N2O6. The maximum atomic E-state index is 12.4. The highest BCUT2D eigenvalue weighted by atomic mass is 16.6. The van der Waals surface area contributed by atoms with E-state index in [4.69, 9.17) is 0 Å². The number of aldehydes is 1. The number of para-hydroxylation sites is 2. The number of hydrogen-bond donors (Lipinski definition) is 0. The van der Waals surface area contributed by atoms with Crippen molar-refractivity contribution in [2.75, 3.05) is 0 Å². The largest absolute Gasteiger partial charge is 0.298 e. The molecule has 0 spiro atoms. The molecule has 2 aromatic rings. The monoisotopic (exact) mass is 300 g/mol. The third-order valence-corrected chi connectivity index (χ3v) is 2.97. The molecule has 0 unspecified atom stereocenters. The van der Waals surface area contributed by atoms with Crippen LogP contribution in [-0.4, -0.2) is 21.9 Å². The minimum atomic E-state index is -0.886. The van der Waals surface area contributed by atoms with Gasteiger partial charge in [0, 0.05) is 6.07 Å². The Balaban J connectivity index is 2.68. The first-order valence-corrected chi connectivity index (χ1v) is 5.98. The van der Waals surface area contributed by atoms with Crippen molar-refractivity contribution in [1.82, 2.24) is 0 Å². The number of carbonyl (C=O) groups excluding carboxylic acids is 2. The van der Waals surface area contributed by atoms with E-state index < -0.39 is 27.0 Å². The Kier molecular flexibility index (Phi) is 4.03. The molecule has 0 radical (unpaired) electrons. The molecule has 0 N–H and O–H groups in total. The van der Waals surface area contributed by atoms with E-state index in [2.05, 4.69) is 0 Å². The third-order valence-electron chi connectivity index (χ3n) is 2.97. The topological polar surface area (TPSA) is 120 Å². The van der Waals surface area contributed by atoms with Gasteiger partial charge in [0.05, 0.1) is 15.4 Å². The zero-order valence-electron chi connectivity index (χ0n) is 11.0. The normalized spacial score (nSPS) is 10.0. The summed E-state index contributed by atoms with van der Waals surface area (Å²) < 4.78 is 0. The highest BCUT2D eigenvalue weighted by Gasteiger charge is 2.28. The van der Waals surface area contributed by atoms with E-state index in [0.29, 0.717) is 0 Å². The molecule has 22 heavy (non-hydrogen) atoms. The van der Waals surface area contributed by atoms with E-state index in [9.17, 15) is 29.8 Å². The van der Waals surface area contributed by atoms with Crippen molar-refractivity contribution in [3.8, 4) is 0 Å². The van der Waals surface area contributed by atoms with Gasteiger partial charge in [0.15, 0.2) is 6.29 Å². The summed E-state index contributed by atoms with van der Waals surface area (Å²) in [5.74, 6) is -0.886. The van der Waals surface area contributed by atoms with Crippen LogP contribution in [0.3, 0.4) is 0 Å².